The van der Waals surface area contributed by atoms with Crippen LogP contribution in [0.1, 0.15) is 33.6 Å². The molecule has 21 heavy (non-hydrogen) atoms. The van der Waals surface area contributed by atoms with Gasteiger partial charge in [-0.15, -0.1) is 0 Å². The molecule has 0 spiro atoms. The van der Waals surface area contributed by atoms with Crippen LogP contribution < -0.4 is 15.4 Å². The van der Waals surface area contributed by atoms with Gasteiger partial charge in [0, 0.05) is 18.3 Å². The van der Waals surface area contributed by atoms with Gasteiger partial charge in [-0.25, -0.2) is 9.78 Å². The lowest BCUT2D eigenvalue weighted by Crippen LogP contribution is -2.50. The number of rotatable bonds is 4. The molecule has 1 aromatic heterocycles. The maximum absolute atomic E-state index is 11.6. The first kappa shape index (κ1) is 15.4. The monoisotopic (exact) mass is 293 g/mol. The number of anilines is 1. The van der Waals surface area contributed by atoms with Gasteiger partial charge in [0.25, 0.3) is 0 Å². The van der Waals surface area contributed by atoms with E-state index in [1.807, 2.05) is 32.9 Å². The van der Waals surface area contributed by atoms with Crippen LogP contribution in [0.25, 0.3) is 0 Å². The average Bonchev–Trinajstić information content (AvgIpc) is 2.34. The standard InChI is InChI=1S/C15H23N3O3/c1-15(2,3)21-14(19)18-11-8-10(9-11)17-12-6-5-7-16-13(12)20-4/h5-7,10-11,17H,8-9H2,1-4H3,(H,18,19). The summed E-state index contributed by atoms with van der Waals surface area (Å²) >= 11 is 0. The number of nitrogens with zero attached hydrogens (tertiary/aromatic N) is 1. The van der Waals surface area contributed by atoms with Gasteiger partial charge in [-0.2, -0.15) is 0 Å². The lowest BCUT2D eigenvalue weighted by atomic mass is 9.86. The van der Waals surface area contributed by atoms with Gasteiger partial charge in [-0.3, -0.25) is 0 Å². The maximum atomic E-state index is 11.6. The van der Waals surface area contributed by atoms with Gasteiger partial charge in [0.1, 0.15) is 5.60 Å². The molecule has 0 saturated heterocycles. The number of alkyl carbamates (subject to hydrolysis) is 1. The fourth-order valence-electron chi connectivity index (χ4n) is 2.21. The van der Waals surface area contributed by atoms with Crippen LogP contribution in [0.2, 0.25) is 0 Å². The number of aromatic nitrogens is 1. The van der Waals surface area contributed by atoms with E-state index in [1.54, 1.807) is 13.3 Å². The van der Waals surface area contributed by atoms with E-state index in [0.717, 1.165) is 18.5 Å². The Kier molecular flexibility index (Phi) is 4.55. The second kappa shape index (κ2) is 6.20. The number of carbonyl (C=O) groups is 1. The largest absolute Gasteiger partial charge is 0.480 e. The minimum atomic E-state index is -0.464. The lowest BCUT2D eigenvalue weighted by molar-refractivity contribution is 0.0475. The molecule has 0 radical (unpaired) electrons. The lowest BCUT2D eigenvalue weighted by Gasteiger charge is -2.37. The summed E-state index contributed by atoms with van der Waals surface area (Å²) in [6, 6.07) is 4.25. The Morgan fingerprint density at radius 1 is 1.33 bits per heavy atom. The second-order valence-corrected chi connectivity index (χ2v) is 6.22. The minimum Gasteiger partial charge on any atom is -0.480 e. The molecule has 0 bridgehead atoms. The molecule has 1 amide bonds. The first-order valence-electron chi connectivity index (χ1n) is 7.12. The Hall–Kier alpha value is -1.98. The Labute approximate surface area is 125 Å². The number of carbonyl (C=O) groups excluding carboxylic acids is 1. The maximum Gasteiger partial charge on any atom is 0.407 e. The smallest absolute Gasteiger partial charge is 0.407 e. The van der Waals surface area contributed by atoms with E-state index in [1.165, 1.54) is 0 Å². The number of hydrogen-bond donors (Lipinski definition) is 2. The van der Waals surface area contributed by atoms with Gasteiger partial charge in [-0.1, -0.05) is 0 Å². The Balaban J connectivity index is 1.76. The summed E-state index contributed by atoms with van der Waals surface area (Å²) in [5, 5.41) is 6.24. The van der Waals surface area contributed by atoms with Crippen molar-refractivity contribution in [3.63, 3.8) is 0 Å². The predicted molar refractivity (Wildman–Crippen MR) is 80.6 cm³/mol. The van der Waals surface area contributed by atoms with Crippen molar-refractivity contribution in [3.8, 4) is 5.88 Å². The molecule has 1 aliphatic carbocycles. The summed E-state index contributed by atoms with van der Waals surface area (Å²) in [5.41, 5.74) is 0.412. The van der Waals surface area contributed by atoms with Gasteiger partial charge in [0.2, 0.25) is 5.88 Å². The van der Waals surface area contributed by atoms with E-state index >= 15 is 0 Å². The fourth-order valence-corrected chi connectivity index (χ4v) is 2.21. The predicted octanol–water partition coefficient (Wildman–Crippen LogP) is 2.56. The molecule has 6 heteroatoms. The summed E-state index contributed by atoms with van der Waals surface area (Å²) in [7, 11) is 1.60. The van der Waals surface area contributed by atoms with E-state index in [2.05, 4.69) is 15.6 Å². The van der Waals surface area contributed by atoms with Crippen molar-refractivity contribution in [2.45, 2.75) is 51.3 Å². The van der Waals surface area contributed by atoms with E-state index in [-0.39, 0.29) is 12.1 Å². The molecule has 0 aliphatic heterocycles. The molecule has 2 rings (SSSR count). The topological polar surface area (TPSA) is 72.5 Å². The number of methoxy groups -OCH3 is 1. The van der Waals surface area contributed by atoms with Crippen LogP contribution in [-0.4, -0.2) is 35.9 Å². The number of nitrogens with one attached hydrogen (secondary N) is 2. The SMILES string of the molecule is COc1ncccc1NC1CC(NC(=O)OC(C)(C)C)C1. The molecule has 1 aromatic rings. The van der Waals surface area contributed by atoms with E-state index < -0.39 is 5.60 Å². The van der Waals surface area contributed by atoms with Crippen molar-refractivity contribution in [2.75, 3.05) is 12.4 Å². The highest BCUT2D eigenvalue weighted by molar-refractivity contribution is 5.68. The van der Waals surface area contributed by atoms with Crippen LogP contribution in [0.5, 0.6) is 5.88 Å². The third kappa shape index (κ3) is 4.51. The van der Waals surface area contributed by atoms with Crippen molar-refractivity contribution in [3.05, 3.63) is 18.3 Å². The third-order valence-corrected chi connectivity index (χ3v) is 3.18. The Morgan fingerprint density at radius 3 is 2.67 bits per heavy atom. The first-order chi connectivity index (χ1) is 9.87. The van der Waals surface area contributed by atoms with Gasteiger partial charge < -0.3 is 20.1 Å². The number of amides is 1. The highest BCUT2D eigenvalue weighted by atomic mass is 16.6. The molecule has 6 nitrogen and oxygen atoms in total. The molecular weight excluding hydrogens is 270 g/mol. The van der Waals surface area contributed by atoms with Crippen molar-refractivity contribution in [2.24, 2.45) is 0 Å². The fraction of sp³-hybridized carbons (Fsp3) is 0.600. The summed E-state index contributed by atoms with van der Waals surface area (Å²) in [5.74, 6) is 0.584. The molecule has 1 saturated carbocycles. The number of pyridine rings is 1. The van der Waals surface area contributed by atoms with Gasteiger partial charge in [0.15, 0.2) is 0 Å². The normalized spacial score (nSPS) is 21.1. The molecule has 0 atom stereocenters. The van der Waals surface area contributed by atoms with E-state index in [9.17, 15) is 4.79 Å². The van der Waals surface area contributed by atoms with Crippen LogP contribution in [0, 0.1) is 0 Å². The second-order valence-electron chi connectivity index (χ2n) is 6.22. The molecule has 0 aromatic carbocycles. The molecular formula is C15H23N3O3. The average molecular weight is 293 g/mol. The van der Waals surface area contributed by atoms with Crippen LogP contribution in [-0.2, 0) is 4.74 Å². The zero-order valence-electron chi connectivity index (χ0n) is 13.0. The van der Waals surface area contributed by atoms with Crippen LogP contribution in [0.4, 0.5) is 10.5 Å². The zero-order valence-corrected chi connectivity index (χ0v) is 13.0. The van der Waals surface area contributed by atoms with Crippen molar-refractivity contribution in [1.82, 2.24) is 10.3 Å². The van der Waals surface area contributed by atoms with E-state index in [4.69, 9.17) is 9.47 Å². The zero-order chi connectivity index (χ0) is 15.5. The highest BCUT2D eigenvalue weighted by Crippen LogP contribution is 2.28. The Bertz CT molecular complexity index is 493. The van der Waals surface area contributed by atoms with Crippen molar-refractivity contribution in [1.29, 1.82) is 0 Å². The summed E-state index contributed by atoms with van der Waals surface area (Å²) in [4.78, 5) is 15.8. The van der Waals surface area contributed by atoms with Crippen LogP contribution >= 0.6 is 0 Å². The number of ether oxygens (including phenoxy) is 2. The van der Waals surface area contributed by atoms with Gasteiger partial charge in [-0.05, 0) is 45.7 Å². The highest BCUT2D eigenvalue weighted by Gasteiger charge is 2.32. The first-order valence-corrected chi connectivity index (χ1v) is 7.12. The van der Waals surface area contributed by atoms with E-state index in [0.29, 0.717) is 11.9 Å². The van der Waals surface area contributed by atoms with Crippen molar-refractivity contribution < 1.29 is 14.3 Å². The van der Waals surface area contributed by atoms with Gasteiger partial charge in [0.05, 0.1) is 12.8 Å². The molecule has 2 N–H and O–H groups in total. The summed E-state index contributed by atoms with van der Waals surface area (Å²) in [6.45, 7) is 5.56. The molecule has 1 aliphatic rings. The van der Waals surface area contributed by atoms with Crippen LogP contribution in [0.3, 0.4) is 0 Å². The molecule has 0 unspecified atom stereocenters. The minimum absolute atomic E-state index is 0.153. The quantitative estimate of drug-likeness (QED) is 0.892. The molecule has 1 heterocycles. The summed E-state index contributed by atoms with van der Waals surface area (Å²) in [6.07, 6.45) is 3.05. The van der Waals surface area contributed by atoms with Crippen molar-refractivity contribution >= 4 is 11.8 Å². The third-order valence-electron chi connectivity index (χ3n) is 3.18. The van der Waals surface area contributed by atoms with Gasteiger partial charge >= 0.3 is 6.09 Å². The van der Waals surface area contributed by atoms with Crippen LogP contribution in [0.15, 0.2) is 18.3 Å². The summed E-state index contributed by atoms with van der Waals surface area (Å²) < 4.78 is 10.4. The molecule has 116 valence electrons. The number of hydrogen-bond acceptors (Lipinski definition) is 5. The molecule has 1 fully saturated rings. The Morgan fingerprint density at radius 2 is 2.05 bits per heavy atom.